The molecule has 2 aromatic rings. The van der Waals surface area contributed by atoms with E-state index in [9.17, 15) is 20.4 Å². The first-order valence-electron chi connectivity index (χ1n) is 6.52. The third-order valence-corrected chi connectivity index (χ3v) is 4.70. The van der Waals surface area contributed by atoms with E-state index in [-0.39, 0.29) is 0 Å². The highest BCUT2D eigenvalue weighted by Gasteiger charge is 2.70. The monoisotopic (exact) mass is 270 g/mol. The number of aliphatic hydroxyl groups excluding tert-OH is 2. The number of benzene rings is 2. The molecule has 0 spiro atoms. The SMILES string of the molecule is O[C@@H]1c2ccccc2[C@@]2(O)[C@H](O)c3ccccc3[C@@]12O. The zero-order valence-electron chi connectivity index (χ0n) is 10.6. The number of hydrogen-bond donors (Lipinski definition) is 4. The highest BCUT2D eigenvalue weighted by molar-refractivity contribution is 5.57. The molecule has 4 atom stereocenters. The van der Waals surface area contributed by atoms with Crippen LogP contribution in [0.5, 0.6) is 0 Å². The van der Waals surface area contributed by atoms with Crippen LogP contribution in [-0.4, -0.2) is 20.4 Å². The summed E-state index contributed by atoms with van der Waals surface area (Å²) in [5.41, 5.74) is -2.20. The van der Waals surface area contributed by atoms with E-state index in [1.165, 1.54) is 0 Å². The van der Waals surface area contributed by atoms with Crippen molar-refractivity contribution in [1.29, 1.82) is 0 Å². The lowest BCUT2D eigenvalue weighted by Crippen LogP contribution is -2.46. The number of hydrogen-bond acceptors (Lipinski definition) is 4. The van der Waals surface area contributed by atoms with E-state index in [0.717, 1.165) is 0 Å². The fourth-order valence-electron chi connectivity index (χ4n) is 3.74. The smallest absolute Gasteiger partial charge is 0.155 e. The summed E-state index contributed by atoms with van der Waals surface area (Å²) < 4.78 is 0. The van der Waals surface area contributed by atoms with Crippen molar-refractivity contribution in [2.75, 3.05) is 0 Å². The minimum absolute atomic E-state index is 0.374. The van der Waals surface area contributed by atoms with Crippen molar-refractivity contribution in [3.8, 4) is 0 Å². The van der Waals surface area contributed by atoms with Gasteiger partial charge >= 0.3 is 0 Å². The molecule has 0 saturated carbocycles. The third-order valence-electron chi connectivity index (χ3n) is 4.70. The molecule has 4 N–H and O–H groups in total. The van der Waals surface area contributed by atoms with Gasteiger partial charge in [0.2, 0.25) is 0 Å². The predicted molar refractivity (Wildman–Crippen MR) is 70.6 cm³/mol. The highest BCUT2D eigenvalue weighted by Crippen LogP contribution is 2.65. The molecule has 20 heavy (non-hydrogen) atoms. The third kappa shape index (κ3) is 1.01. The molecule has 102 valence electrons. The zero-order chi connectivity index (χ0) is 14.1. The van der Waals surface area contributed by atoms with Crippen molar-refractivity contribution in [3.05, 3.63) is 70.8 Å². The first-order valence-corrected chi connectivity index (χ1v) is 6.52. The van der Waals surface area contributed by atoms with Gasteiger partial charge in [0.1, 0.15) is 12.2 Å². The molecule has 4 rings (SSSR count). The van der Waals surface area contributed by atoms with Crippen molar-refractivity contribution >= 4 is 0 Å². The van der Waals surface area contributed by atoms with Gasteiger partial charge in [-0.3, -0.25) is 0 Å². The molecule has 2 aromatic carbocycles. The molecule has 0 saturated heterocycles. The van der Waals surface area contributed by atoms with E-state index in [1.54, 1.807) is 48.5 Å². The van der Waals surface area contributed by atoms with E-state index < -0.39 is 23.4 Å². The largest absolute Gasteiger partial charge is 0.385 e. The molecule has 0 aromatic heterocycles. The average molecular weight is 270 g/mol. The first-order chi connectivity index (χ1) is 9.53. The lowest BCUT2D eigenvalue weighted by atomic mass is 9.81. The number of rotatable bonds is 0. The van der Waals surface area contributed by atoms with Crippen LogP contribution >= 0.6 is 0 Å². The van der Waals surface area contributed by atoms with Gasteiger partial charge < -0.3 is 20.4 Å². The molecule has 0 radical (unpaired) electrons. The lowest BCUT2D eigenvalue weighted by molar-refractivity contribution is -0.227. The van der Waals surface area contributed by atoms with Gasteiger partial charge in [0.05, 0.1) is 0 Å². The van der Waals surface area contributed by atoms with Crippen molar-refractivity contribution in [1.82, 2.24) is 0 Å². The van der Waals surface area contributed by atoms with Crippen molar-refractivity contribution < 1.29 is 20.4 Å². The Labute approximate surface area is 115 Å². The van der Waals surface area contributed by atoms with Gasteiger partial charge in [0, 0.05) is 0 Å². The van der Waals surface area contributed by atoms with Crippen LogP contribution < -0.4 is 0 Å². The fraction of sp³-hybridized carbons (Fsp3) is 0.250. The van der Waals surface area contributed by atoms with Crippen molar-refractivity contribution in [2.24, 2.45) is 0 Å². The summed E-state index contributed by atoms with van der Waals surface area (Å²) in [4.78, 5) is 0. The molecule has 0 unspecified atom stereocenters. The second kappa shape index (κ2) is 3.48. The Balaban J connectivity index is 2.10. The number of aliphatic hydroxyl groups is 4. The van der Waals surface area contributed by atoms with E-state index in [2.05, 4.69) is 0 Å². The van der Waals surface area contributed by atoms with Crippen LogP contribution in [-0.2, 0) is 11.2 Å². The van der Waals surface area contributed by atoms with Gasteiger partial charge in [-0.2, -0.15) is 0 Å². The van der Waals surface area contributed by atoms with E-state index in [0.29, 0.717) is 22.3 Å². The normalized spacial score (nSPS) is 37.4. The molecule has 0 fully saturated rings. The Morgan fingerprint density at radius 3 is 1.40 bits per heavy atom. The average Bonchev–Trinajstić information content (AvgIpc) is 2.78. The molecule has 0 aliphatic heterocycles. The minimum atomic E-state index is -1.92. The number of fused-ring (bicyclic) bond motifs is 5. The second-order valence-electron chi connectivity index (χ2n) is 5.51. The molecule has 0 amide bonds. The van der Waals surface area contributed by atoms with Gasteiger partial charge in [0.15, 0.2) is 11.2 Å². The second-order valence-corrected chi connectivity index (χ2v) is 5.51. The Bertz CT molecular complexity index is 652. The molecular weight excluding hydrogens is 256 g/mol. The molecular formula is C16H14O4. The van der Waals surface area contributed by atoms with E-state index in [1.807, 2.05) is 0 Å². The zero-order valence-corrected chi connectivity index (χ0v) is 10.6. The Morgan fingerprint density at radius 1 is 0.650 bits per heavy atom. The molecule has 0 bridgehead atoms. The van der Waals surface area contributed by atoms with Crippen LogP contribution in [0.3, 0.4) is 0 Å². The molecule has 4 nitrogen and oxygen atoms in total. The molecule has 0 heterocycles. The maximum absolute atomic E-state index is 11.0. The van der Waals surface area contributed by atoms with Gasteiger partial charge in [-0.15, -0.1) is 0 Å². The summed E-state index contributed by atoms with van der Waals surface area (Å²) in [5, 5.41) is 43.1. The van der Waals surface area contributed by atoms with Crippen LogP contribution in [0.4, 0.5) is 0 Å². The minimum Gasteiger partial charge on any atom is -0.385 e. The van der Waals surface area contributed by atoms with Gasteiger partial charge in [-0.25, -0.2) is 0 Å². The van der Waals surface area contributed by atoms with Crippen molar-refractivity contribution in [3.63, 3.8) is 0 Å². The van der Waals surface area contributed by atoms with E-state index in [4.69, 9.17) is 0 Å². The Kier molecular flexibility index (Phi) is 2.10. The highest BCUT2D eigenvalue weighted by atomic mass is 16.4. The standard InChI is InChI=1S/C16H14O4/c17-13-9-5-1-3-7-11(9)15(19)14(18)10-6-2-4-8-12(10)16(13,15)20/h1-8,13-14,17-20H/t13-,14-,15-,16-/m1/s1. The van der Waals surface area contributed by atoms with Gasteiger partial charge in [0.25, 0.3) is 0 Å². The molecule has 4 heteroatoms. The summed E-state index contributed by atoms with van der Waals surface area (Å²) in [7, 11) is 0. The quantitative estimate of drug-likeness (QED) is 0.572. The van der Waals surface area contributed by atoms with Crippen LogP contribution in [0.2, 0.25) is 0 Å². The summed E-state index contributed by atoms with van der Waals surface area (Å²) in [6, 6.07) is 13.5. The maximum Gasteiger partial charge on any atom is 0.155 e. The fourth-order valence-corrected chi connectivity index (χ4v) is 3.74. The Hall–Kier alpha value is -1.72. The van der Waals surface area contributed by atoms with Crippen molar-refractivity contribution in [2.45, 2.75) is 23.4 Å². The van der Waals surface area contributed by atoms with Gasteiger partial charge in [-0.1, -0.05) is 48.5 Å². The first kappa shape index (κ1) is 12.1. The van der Waals surface area contributed by atoms with Crippen LogP contribution in [0.15, 0.2) is 48.5 Å². The topological polar surface area (TPSA) is 80.9 Å². The summed E-state index contributed by atoms with van der Waals surface area (Å²) >= 11 is 0. The Morgan fingerprint density at radius 2 is 1.00 bits per heavy atom. The van der Waals surface area contributed by atoms with Crippen LogP contribution in [0, 0.1) is 0 Å². The lowest BCUT2D eigenvalue weighted by Gasteiger charge is -2.36. The summed E-state index contributed by atoms with van der Waals surface area (Å²) in [5.74, 6) is 0. The van der Waals surface area contributed by atoms with Gasteiger partial charge in [-0.05, 0) is 22.3 Å². The molecule has 2 aliphatic rings. The van der Waals surface area contributed by atoms with Crippen LogP contribution in [0.1, 0.15) is 34.5 Å². The summed E-state index contributed by atoms with van der Waals surface area (Å²) in [6.07, 6.45) is -2.55. The predicted octanol–water partition coefficient (Wildman–Crippen LogP) is 0.856. The summed E-state index contributed by atoms with van der Waals surface area (Å²) in [6.45, 7) is 0. The van der Waals surface area contributed by atoms with E-state index >= 15 is 0 Å². The maximum atomic E-state index is 11.0. The van der Waals surface area contributed by atoms with Crippen LogP contribution in [0.25, 0.3) is 0 Å². The molecule has 2 aliphatic carbocycles.